The molecule has 1 heterocycles. The number of para-hydroxylation sites is 1. The Morgan fingerprint density at radius 3 is 2.48 bits per heavy atom. The molecule has 0 aliphatic rings. The van der Waals surface area contributed by atoms with Gasteiger partial charge in [0.15, 0.2) is 0 Å². The van der Waals surface area contributed by atoms with Crippen molar-refractivity contribution < 1.29 is 18.7 Å². The summed E-state index contributed by atoms with van der Waals surface area (Å²) in [6, 6.07) is 15.4. The number of aromatic nitrogens is 1. The molecule has 1 aromatic heterocycles. The van der Waals surface area contributed by atoms with Gasteiger partial charge in [-0.2, -0.15) is 0 Å². The van der Waals surface area contributed by atoms with Gasteiger partial charge in [0.2, 0.25) is 0 Å². The Morgan fingerprint density at radius 2 is 1.76 bits per heavy atom. The average molecular weight is 415 g/mol. The first-order valence-electron chi connectivity index (χ1n) is 9.31. The zero-order chi connectivity index (χ0) is 20.6. The molecule has 7 heteroatoms. The summed E-state index contributed by atoms with van der Waals surface area (Å²) < 4.78 is 24.2. The number of aryl methyl sites for hydroxylation is 1. The van der Waals surface area contributed by atoms with E-state index >= 15 is 0 Å². The smallest absolute Gasteiger partial charge is 0.265 e. The van der Waals surface area contributed by atoms with Gasteiger partial charge in [0.1, 0.15) is 33.8 Å². The number of ether oxygens (including phenoxy) is 2. The highest BCUT2D eigenvalue weighted by atomic mass is 32.1. The van der Waals surface area contributed by atoms with Crippen LogP contribution in [0.4, 0.5) is 4.39 Å². The third-order valence-electron chi connectivity index (χ3n) is 4.21. The van der Waals surface area contributed by atoms with Crippen LogP contribution in [0.2, 0.25) is 0 Å². The SMILES string of the molecule is Cc1nc(COc2ccc(F)cc2)sc1C(=O)N(C)CCCOc1ccccc1. The monoisotopic (exact) mass is 414 g/mol. The number of benzene rings is 2. The Bertz CT molecular complexity index is 929. The van der Waals surface area contributed by atoms with E-state index in [0.717, 1.165) is 12.2 Å². The molecule has 0 atom stereocenters. The zero-order valence-corrected chi connectivity index (χ0v) is 17.2. The molecule has 152 valence electrons. The highest BCUT2D eigenvalue weighted by molar-refractivity contribution is 7.13. The molecule has 5 nitrogen and oxygen atoms in total. The van der Waals surface area contributed by atoms with Gasteiger partial charge in [-0.3, -0.25) is 4.79 Å². The molecule has 0 N–H and O–H groups in total. The first kappa shape index (κ1) is 20.8. The second-order valence-electron chi connectivity index (χ2n) is 6.51. The summed E-state index contributed by atoms with van der Waals surface area (Å²) in [4.78, 5) is 19.4. The summed E-state index contributed by atoms with van der Waals surface area (Å²) in [6.07, 6.45) is 0.732. The van der Waals surface area contributed by atoms with Crippen LogP contribution in [0, 0.1) is 12.7 Å². The van der Waals surface area contributed by atoms with E-state index in [2.05, 4.69) is 4.98 Å². The molecule has 0 spiro atoms. The molecule has 0 aliphatic heterocycles. The van der Waals surface area contributed by atoms with Gasteiger partial charge in [-0.15, -0.1) is 11.3 Å². The third-order valence-corrected chi connectivity index (χ3v) is 5.33. The molecule has 1 amide bonds. The lowest BCUT2D eigenvalue weighted by Gasteiger charge is -2.16. The van der Waals surface area contributed by atoms with Gasteiger partial charge < -0.3 is 14.4 Å². The fourth-order valence-electron chi connectivity index (χ4n) is 2.67. The van der Waals surface area contributed by atoms with Crippen LogP contribution in [0.3, 0.4) is 0 Å². The van der Waals surface area contributed by atoms with Crippen LogP contribution >= 0.6 is 11.3 Å². The van der Waals surface area contributed by atoms with Gasteiger partial charge in [-0.25, -0.2) is 9.37 Å². The van der Waals surface area contributed by atoms with Crippen LogP contribution in [-0.2, 0) is 6.61 Å². The summed E-state index contributed by atoms with van der Waals surface area (Å²) in [5.74, 6) is 1.01. The Morgan fingerprint density at radius 1 is 1.07 bits per heavy atom. The van der Waals surface area contributed by atoms with Gasteiger partial charge in [-0.1, -0.05) is 18.2 Å². The molecule has 29 heavy (non-hydrogen) atoms. The van der Waals surface area contributed by atoms with Crippen LogP contribution in [0.1, 0.15) is 26.8 Å². The predicted octanol–water partition coefficient (Wildman–Crippen LogP) is 4.71. The molecular weight excluding hydrogens is 391 g/mol. The van der Waals surface area contributed by atoms with Gasteiger partial charge in [-0.05, 0) is 49.7 Å². The number of halogens is 1. The fraction of sp³-hybridized carbons (Fsp3) is 0.273. The summed E-state index contributed by atoms with van der Waals surface area (Å²) in [7, 11) is 1.78. The summed E-state index contributed by atoms with van der Waals surface area (Å²) in [6.45, 7) is 3.18. The lowest BCUT2D eigenvalue weighted by Crippen LogP contribution is -2.28. The van der Waals surface area contributed by atoms with Crippen molar-refractivity contribution in [2.45, 2.75) is 20.0 Å². The largest absolute Gasteiger partial charge is 0.494 e. The number of carbonyl (C=O) groups excluding carboxylic acids is 1. The molecule has 3 rings (SSSR count). The molecule has 0 aliphatic carbocycles. The maximum absolute atomic E-state index is 13.0. The summed E-state index contributed by atoms with van der Waals surface area (Å²) >= 11 is 1.32. The van der Waals surface area contributed by atoms with Crippen molar-refractivity contribution in [3.8, 4) is 11.5 Å². The summed E-state index contributed by atoms with van der Waals surface area (Å²) in [5.41, 5.74) is 0.685. The quantitative estimate of drug-likeness (QED) is 0.476. The Kier molecular flexibility index (Phi) is 7.19. The number of hydrogen-bond acceptors (Lipinski definition) is 5. The topological polar surface area (TPSA) is 51.7 Å². The fourth-order valence-corrected chi connectivity index (χ4v) is 3.64. The standard InChI is InChI=1S/C22H23FN2O3S/c1-16-21(29-20(24-16)15-28-19-11-9-17(23)10-12-19)22(26)25(2)13-6-14-27-18-7-4-3-5-8-18/h3-5,7-12H,6,13-15H2,1-2H3. The van der Waals surface area contributed by atoms with Crippen LogP contribution in [0.5, 0.6) is 11.5 Å². The van der Waals surface area contributed by atoms with E-state index in [1.807, 2.05) is 37.3 Å². The van der Waals surface area contributed by atoms with E-state index in [9.17, 15) is 9.18 Å². The molecule has 0 fully saturated rings. The van der Waals surface area contributed by atoms with Crippen molar-refractivity contribution in [2.24, 2.45) is 0 Å². The second-order valence-corrected chi connectivity index (χ2v) is 7.59. The van der Waals surface area contributed by atoms with Crippen LogP contribution in [0.15, 0.2) is 54.6 Å². The van der Waals surface area contributed by atoms with E-state index < -0.39 is 0 Å². The van der Waals surface area contributed by atoms with Crippen molar-refractivity contribution in [1.29, 1.82) is 0 Å². The predicted molar refractivity (Wildman–Crippen MR) is 111 cm³/mol. The number of carbonyl (C=O) groups is 1. The lowest BCUT2D eigenvalue weighted by atomic mass is 10.3. The van der Waals surface area contributed by atoms with Crippen LogP contribution in [-0.4, -0.2) is 36.0 Å². The number of amides is 1. The maximum atomic E-state index is 13.0. The van der Waals surface area contributed by atoms with E-state index in [1.54, 1.807) is 24.1 Å². The van der Waals surface area contributed by atoms with Crippen molar-refractivity contribution in [1.82, 2.24) is 9.88 Å². The second kappa shape index (κ2) is 10.0. The number of nitrogens with zero attached hydrogens (tertiary/aromatic N) is 2. The van der Waals surface area contributed by atoms with Gasteiger partial charge >= 0.3 is 0 Å². The van der Waals surface area contributed by atoms with E-state index in [1.165, 1.54) is 23.5 Å². The van der Waals surface area contributed by atoms with Crippen LogP contribution in [0.25, 0.3) is 0 Å². The first-order valence-corrected chi connectivity index (χ1v) is 10.1. The molecule has 0 saturated heterocycles. The first-order chi connectivity index (χ1) is 14.0. The highest BCUT2D eigenvalue weighted by Gasteiger charge is 2.19. The Hall–Kier alpha value is -2.93. The molecule has 2 aromatic carbocycles. The third kappa shape index (κ3) is 6.02. The zero-order valence-electron chi connectivity index (χ0n) is 16.4. The molecule has 0 bridgehead atoms. The summed E-state index contributed by atoms with van der Waals surface area (Å²) in [5, 5.41) is 0.705. The molecule has 0 radical (unpaired) electrons. The molecule has 0 saturated carbocycles. The Balaban J connectivity index is 1.48. The molecular formula is C22H23FN2O3S. The van der Waals surface area contributed by atoms with E-state index in [0.29, 0.717) is 34.5 Å². The van der Waals surface area contributed by atoms with Crippen LogP contribution < -0.4 is 9.47 Å². The van der Waals surface area contributed by atoms with E-state index in [-0.39, 0.29) is 18.3 Å². The number of thiazole rings is 1. The van der Waals surface area contributed by atoms with Crippen molar-refractivity contribution in [3.05, 3.63) is 76.0 Å². The minimum absolute atomic E-state index is 0.0623. The molecule has 3 aromatic rings. The maximum Gasteiger partial charge on any atom is 0.265 e. The molecule has 0 unspecified atom stereocenters. The van der Waals surface area contributed by atoms with Crippen molar-refractivity contribution in [2.75, 3.05) is 20.2 Å². The number of rotatable bonds is 9. The van der Waals surface area contributed by atoms with Crippen molar-refractivity contribution >= 4 is 17.2 Å². The Labute approximate surface area is 173 Å². The van der Waals surface area contributed by atoms with E-state index in [4.69, 9.17) is 9.47 Å². The normalized spacial score (nSPS) is 10.6. The number of hydrogen-bond donors (Lipinski definition) is 0. The highest BCUT2D eigenvalue weighted by Crippen LogP contribution is 2.22. The van der Waals surface area contributed by atoms with Gasteiger partial charge in [0.25, 0.3) is 5.91 Å². The van der Waals surface area contributed by atoms with Gasteiger partial charge in [0, 0.05) is 13.6 Å². The van der Waals surface area contributed by atoms with Crippen molar-refractivity contribution in [3.63, 3.8) is 0 Å². The lowest BCUT2D eigenvalue weighted by molar-refractivity contribution is 0.0791. The average Bonchev–Trinajstić information content (AvgIpc) is 3.11. The van der Waals surface area contributed by atoms with Gasteiger partial charge in [0.05, 0.1) is 12.3 Å². The minimum atomic E-state index is -0.312. The minimum Gasteiger partial charge on any atom is -0.494 e.